The van der Waals surface area contributed by atoms with E-state index in [9.17, 15) is 5.11 Å². The van der Waals surface area contributed by atoms with Crippen LogP contribution in [0.25, 0.3) is 0 Å². The van der Waals surface area contributed by atoms with E-state index in [4.69, 9.17) is 0 Å². The van der Waals surface area contributed by atoms with Crippen LogP contribution in [0.2, 0.25) is 0 Å². The van der Waals surface area contributed by atoms with Crippen LogP contribution in [0.5, 0.6) is 0 Å². The summed E-state index contributed by atoms with van der Waals surface area (Å²) in [7, 11) is 0. The van der Waals surface area contributed by atoms with Crippen molar-refractivity contribution in [2.24, 2.45) is 17.3 Å². The predicted octanol–water partition coefficient (Wildman–Crippen LogP) is -0.204. The Hall–Kier alpha value is 0.430. The zero-order valence-corrected chi connectivity index (χ0v) is 12.1. The molecule has 2 bridgehead atoms. The van der Waals surface area contributed by atoms with Gasteiger partial charge in [-0.05, 0) is 0 Å². The maximum atomic E-state index is 10.1. The van der Waals surface area contributed by atoms with Crippen molar-refractivity contribution in [2.45, 2.75) is 44.1 Å². The average molecular weight is 321 g/mol. The molecule has 0 aromatic carbocycles. The van der Waals surface area contributed by atoms with Crippen LogP contribution in [0.15, 0.2) is 11.6 Å². The summed E-state index contributed by atoms with van der Waals surface area (Å²) in [6.07, 6.45) is 6.18. The topological polar surface area (TPSA) is 20.2 Å². The van der Waals surface area contributed by atoms with Crippen LogP contribution in [0.4, 0.5) is 0 Å². The van der Waals surface area contributed by atoms with Crippen molar-refractivity contribution in [3.05, 3.63) is 11.6 Å². The van der Waals surface area contributed by atoms with Crippen molar-refractivity contribution in [3.63, 3.8) is 0 Å². The van der Waals surface area contributed by atoms with Gasteiger partial charge >= 0.3 is 104 Å². The average Bonchev–Trinajstić information content (AvgIpc) is 2.25. The van der Waals surface area contributed by atoms with Gasteiger partial charge in [0.25, 0.3) is 0 Å². The number of fused-ring (bicyclic) bond motifs is 1. The molecule has 3 rings (SSSR count). The molecule has 3 atom stereocenters. The molecule has 0 heterocycles. The summed E-state index contributed by atoms with van der Waals surface area (Å²) in [5.41, 5.74) is 1.91. The van der Waals surface area contributed by atoms with Crippen LogP contribution in [0.1, 0.15) is 40.0 Å². The summed E-state index contributed by atoms with van der Waals surface area (Å²) in [4.78, 5) is 0. The molecule has 3 aliphatic rings. The summed E-state index contributed by atoms with van der Waals surface area (Å²) in [5, 5.41) is 10.1. The van der Waals surface area contributed by atoms with Gasteiger partial charge in [0.2, 0.25) is 0 Å². The number of alkyl halides is 2. The Morgan fingerprint density at radius 2 is 2.33 bits per heavy atom. The summed E-state index contributed by atoms with van der Waals surface area (Å²) in [5.74, 6) is 1.61. The molecule has 1 nitrogen and oxygen atoms in total. The number of hydrogen-bond donors (Lipinski definition) is 1. The second kappa shape index (κ2) is 4.36. The summed E-state index contributed by atoms with van der Waals surface area (Å²) >= 11 is -0.00625. The third kappa shape index (κ3) is 2.12. The van der Waals surface area contributed by atoms with Crippen LogP contribution < -0.4 is 21.2 Å². The van der Waals surface area contributed by atoms with Gasteiger partial charge < -0.3 is 0 Å². The molecule has 0 radical (unpaired) electrons. The van der Waals surface area contributed by atoms with E-state index >= 15 is 0 Å². The number of hydrogen-bond acceptors (Lipinski definition) is 1. The molecule has 0 amide bonds. The van der Waals surface area contributed by atoms with Gasteiger partial charge in [0.15, 0.2) is 0 Å². The monoisotopic (exact) mass is 321 g/mol. The molecule has 0 spiro atoms. The Morgan fingerprint density at radius 3 is 2.80 bits per heavy atom. The fourth-order valence-corrected chi connectivity index (χ4v) is 5.02. The fourth-order valence-electron chi connectivity index (χ4n) is 2.78. The van der Waals surface area contributed by atoms with Crippen LogP contribution in [-0.4, -0.2) is 13.6 Å². The molecule has 0 aliphatic heterocycles. The minimum atomic E-state index is -0.0369. The number of aliphatic hydroxyl groups excluding tert-OH is 1. The Labute approximate surface area is 104 Å². The van der Waals surface area contributed by atoms with Gasteiger partial charge in [-0.25, -0.2) is 0 Å². The number of rotatable bonds is 4. The third-order valence-electron chi connectivity index (χ3n) is 4.19. The van der Waals surface area contributed by atoms with Crippen molar-refractivity contribution < 1.29 is 26.3 Å². The van der Waals surface area contributed by atoms with Gasteiger partial charge in [0, 0.05) is 0 Å². The van der Waals surface area contributed by atoms with E-state index in [-0.39, 0.29) is 25.3 Å². The molecule has 0 saturated heterocycles. The number of aliphatic hydroxyl groups is 1. The van der Waals surface area contributed by atoms with Crippen molar-refractivity contribution >= 4 is 0 Å². The van der Waals surface area contributed by atoms with Gasteiger partial charge in [0.1, 0.15) is 0 Å². The van der Waals surface area contributed by atoms with Crippen LogP contribution >= 0.6 is 0 Å². The molecule has 88 valence electrons. The Morgan fingerprint density at radius 1 is 1.60 bits per heavy atom. The van der Waals surface area contributed by atoms with Gasteiger partial charge in [-0.1, -0.05) is 0 Å². The molecule has 1 fully saturated rings. The summed E-state index contributed by atoms with van der Waals surface area (Å²) in [6.45, 7) is 6.97. The first-order valence-corrected chi connectivity index (χ1v) is 8.79. The van der Waals surface area contributed by atoms with E-state index in [2.05, 4.69) is 26.8 Å². The second-order valence-corrected chi connectivity index (χ2v) is 8.62. The van der Waals surface area contributed by atoms with Crippen LogP contribution in [-0.2, 0) is 0 Å². The van der Waals surface area contributed by atoms with E-state index in [1.807, 2.05) is 0 Å². The molecule has 1 N–H and O–H groups in total. The van der Waals surface area contributed by atoms with Crippen molar-refractivity contribution in [1.29, 1.82) is 0 Å². The molecule has 0 aromatic heterocycles. The second-order valence-electron chi connectivity index (χ2n) is 5.49. The Bertz CT molecular complexity index is 270. The molecule has 2 heteroatoms. The number of halogens is 1. The van der Waals surface area contributed by atoms with Crippen LogP contribution in [0.3, 0.4) is 0 Å². The fraction of sp³-hybridized carbons (Fsp3) is 0.846. The Balaban J connectivity index is 1.96. The first-order chi connectivity index (χ1) is 7.05. The zero-order valence-electron chi connectivity index (χ0n) is 9.96. The molecule has 1 saturated carbocycles. The predicted molar refractivity (Wildman–Crippen MR) is 59.2 cm³/mol. The van der Waals surface area contributed by atoms with Gasteiger partial charge in [-0.2, -0.15) is 0 Å². The van der Waals surface area contributed by atoms with Crippen molar-refractivity contribution in [3.8, 4) is 0 Å². The van der Waals surface area contributed by atoms with Crippen molar-refractivity contribution in [1.82, 2.24) is 0 Å². The van der Waals surface area contributed by atoms with E-state index in [0.717, 1.165) is 11.8 Å². The molecular formula is C13H22IO-. The first kappa shape index (κ1) is 11.9. The summed E-state index contributed by atoms with van der Waals surface area (Å²) < 4.78 is 1.22. The van der Waals surface area contributed by atoms with E-state index in [0.29, 0.717) is 5.41 Å². The van der Waals surface area contributed by atoms with Gasteiger partial charge in [-0.3, -0.25) is 0 Å². The molecule has 3 aliphatic carbocycles. The van der Waals surface area contributed by atoms with Crippen LogP contribution in [0, 0.1) is 17.3 Å². The summed E-state index contributed by atoms with van der Waals surface area (Å²) in [6, 6.07) is 0. The van der Waals surface area contributed by atoms with Gasteiger partial charge in [0.05, 0.1) is 0 Å². The quantitative estimate of drug-likeness (QED) is 0.432. The maximum absolute atomic E-state index is 10.1. The van der Waals surface area contributed by atoms with E-state index in [1.54, 1.807) is 0 Å². The molecule has 0 aromatic rings. The van der Waals surface area contributed by atoms with E-state index < -0.39 is 0 Å². The Kier molecular flexibility index (Phi) is 3.46. The number of allylic oxidation sites excluding steroid dienone is 1. The third-order valence-corrected chi connectivity index (χ3v) is 7.53. The SMILES string of the molecule is CCC[I-]C(O)C1=CC2CC(C1)C2(C)C. The minimum absolute atomic E-state index is 0.00625. The standard InChI is InChI=1S/C13H22IO/c1-4-5-14-12(15)9-6-10-8-11(7-9)13(10,2)3/h6,10-12,15H,4-5,7-8H2,1-3H3/q-1. The normalized spacial score (nSPS) is 34.5. The first-order valence-electron chi connectivity index (χ1n) is 6.02. The molecule has 3 unspecified atom stereocenters. The molecule has 15 heavy (non-hydrogen) atoms. The molecular weight excluding hydrogens is 299 g/mol. The van der Waals surface area contributed by atoms with Crippen molar-refractivity contribution in [2.75, 3.05) is 4.43 Å². The van der Waals surface area contributed by atoms with E-state index in [1.165, 1.54) is 29.3 Å². The van der Waals surface area contributed by atoms with Gasteiger partial charge in [-0.15, -0.1) is 0 Å². The zero-order chi connectivity index (χ0) is 11.1.